The van der Waals surface area contributed by atoms with Crippen LogP contribution in [0, 0.1) is 12.7 Å². The van der Waals surface area contributed by atoms with Crippen molar-refractivity contribution >= 4 is 29.0 Å². The molecular weight excluding hydrogens is 329 g/mol. The summed E-state index contributed by atoms with van der Waals surface area (Å²) in [6, 6.07) is 3.58. The fourth-order valence-electron chi connectivity index (χ4n) is 1.73. The molecule has 0 aliphatic heterocycles. The van der Waals surface area contributed by atoms with Gasteiger partial charge in [-0.05, 0) is 24.6 Å². The number of thiazole rings is 1. The van der Waals surface area contributed by atoms with E-state index in [1.165, 1.54) is 23.5 Å². The number of hydrogen-bond donors (Lipinski definition) is 3. The van der Waals surface area contributed by atoms with Gasteiger partial charge in [-0.15, -0.1) is 11.3 Å². The van der Waals surface area contributed by atoms with Crippen LogP contribution in [0.1, 0.15) is 21.6 Å². The van der Waals surface area contributed by atoms with E-state index in [9.17, 15) is 14.3 Å². The molecule has 1 atom stereocenters. The van der Waals surface area contributed by atoms with Crippen molar-refractivity contribution < 1.29 is 14.3 Å². The van der Waals surface area contributed by atoms with Gasteiger partial charge in [0.15, 0.2) is 0 Å². The number of urea groups is 1. The molecule has 0 aliphatic rings. The minimum atomic E-state index is -1.01. The molecule has 1 aromatic heterocycles. The van der Waals surface area contributed by atoms with Crippen LogP contribution in [-0.2, 0) is 6.54 Å². The smallest absolute Gasteiger partial charge is 0.315 e. The second kappa shape index (κ2) is 7.53. The Morgan fingerprint density at radius 1 is 1.50 bits per heavy atom. The van der Waals surface area contributed by atoms with Crippen LogP contribution >= 0.6 is 22.9 Å². The maximum absolute atomic E-state index is 13.3. The van der Waals surface area contributed by atoms with Crippen molar-refractivity contribution in [2.75, 3.05) is 6.54 Å². The van der Waals surface area contributed by atoms with Crippen molar-refractivity contribution in [3.8, 4) is 0 Å². The lowest BCUT2D eigenvalue weighted by Gasteiger charge is -2.13. The summed E-state index contributed by atoms with van der Waals surface area (Å²) in [5, 5.41) is 15.8. The predicted molar refractivity (Wildman–Crippen MR) is 83.5 cm³/mol. The van der Waals surface area contributed by atoms with E-state index < -0.39 is 18.0 Å². The molecule has 1 aromatic carbocycles. The fraction of sp³-hybridized carbons (Fsp3) is 0.286. The number of carbonyl (C=O) groups is 1. The van der Waals surface area contributed by atoms with Crippen molar-refractivity contribution in [2.45, 2.75) is 19.6 Å². The SMILES string of the molecule is Cc1cnc(CNC(=O)NCC(O)c2ccc(Cl)c(F)c2)s1. The first-order valence-electron chi connectivity index (χ1n) is 6.51. The van der Waals surface area contributed by atoms with E-state index in [4.69, 9.17) is 11.6 Å². The Morgan fingerprint density at radius 3 is 2.91 bits per heavy atom. The van der Waals surface area contributed by atoms with Gasteiger partial charge in [0.2, 0.25) is 0 Å². The molecule has 0 bridgehead atoms. The van der Waals surface area contributed by atoms with E-state index in [0.29, 0.717) is 12.1 Å². The first-order chi connectivity index (χ1) is 10.5. The second-order valence-electron chi connectivity index (χ2n) is 4.62. The van der Waals surface area contributed by atoms with Gasteiger partial charge in [0, 0.05) is 17.6 Å². The predicted octanol–water partition coefficient (Wildman–Crippen LogP) is 2.78. The second-order valence-corrected chi connectivity index (χ2v) is 6.34. The highest BCUT2D eigenvalue weighted by molar-refractivity contribution is 7.11. The minimum Gasteiger partial charge on any atom is -0.387 e. The number of rotatable bonds is 5. The third-order valence-corrected chi connectivity index (χ3v) is 4.07. The zero-order valence-electron chi connectivity index (χ0n) is 11.8. The lowest BCUT2D eigenvalue weighted by Crippen LogP contribution is -2.37. The van der Waals surface area contributed by atoms with Gasteiger partial charge >= 0.3 is 6.03 Å². The minimum absolute atomic E-state index is 0.0135. The molecule has 22 heavy (non-hydrogen) atoms. The average molecular weight is 344 g/mol. The fourth-order valence-corrected chi connectivity index (χ4v) is 2.57. The van der Waals surface area contributed by atoms with Gasteiger partial charge in [-0.2, -0.15) is 0 Å². The van der Waals surface area contributed by atoms with Gasteiger partial charge in [-0.25, -0.2) is 14.2 Å². The summed E-state index contributed by atoms with van der Waals surface area (Å²) in [6.07, 6.45) is 0.720. The Labute approximate surface area is 136 Å². The summed E-state index contributed by atoms with van der Waals surface area (Å²) in [6.45, 7) is 2.21. The maximum Gasteiger partial charge on any atom is 0.315 e. The summed E-state index contributed by atoms with van der Waals surface area (Å²) >= 11 is 7.07. The van der Waals surface area contributed by atoms with Gasteiger partial charge in [0.05, 0.1) is 17.7 Å². The first-order valence-corrected chi connectivity index (χ1v) is 7.71. The Morgan fingerprint density at radius 2 is 2.27 bits per heavy atom. The molecule has 0 spiro atoms. The van der Waals surface area contributed by atoms with Crippen molar-refractivity contribution in [3.05, 3.63) is 50.7 Å². The Bertz CT molecular complexity index is 665. The topological polar surface area (TPSA) is 74.2 Å². The van der Waals surface area contributed by atoms with E-state index in [2.05, 4.69) is 15.6 Å². The number of aryl methyl sites for hydroxylation is 1. The largest absolute Gasteiger partial charge is 0.387 e. The van der Waals surface area contributed by atoms with Crippen LogP contribution in [0.4, 0.5) is 9.18 Å². The van der Waals surface area contributed by atoms with Gasteiger partial charge in [-0.1, -0.05) is 17.7 Å². The van der Waals surface area contributed by atoms with Crippen molar-refractivity contribution in [3.63, 3.8) is 0 Å². The average Bonchev–Trinajstić information content (AvgIpc) is 2.91. The highest BCUT2D eigenvalue weighted by Crippen LogP contribution is 2.19. The van der Waals surface area contributed by atoms with E-state index in [-0.39, 0.29) is 11.6 Å². The van der Waals surface area contributed by atoms with Crippen LogP contribution in [-0.4, -0.2) is 22.7 Å². The zero-order valence-corrected chi connectivity index (χ0v) is 13.3. The highest BCUT2D eigenvalue weighted by atomic mass is 35.5. The monoisotopic (exact) mass is 343 g/mol. The van der Waals surface area contributed by atoms with Crippen molar-refractivity contribution in [2.24, 2.45) is 0 Å². The van der Waals surface area contributed by atoms with E-state index >= 15 is 0 Å². The van der Waals surface area contributed by atoms with Crippen LogP contribution in [0.5, 0.6) is 0 Å². The summed E-state index contributed by atoms with van der Waals surface area (Å²) in [4.78, 5) is 16.8. The molecule has 118 valence electrons. The standard InChI is InChI=1S/C14H15ClFN3O2S/c1-8-5-17-13(22-8)7-19-14(21)18-6-12(20)9-2-3-10(15)11(16)4-9/h2-5,12,20H,6-7H2,1H3,(H2,18,19,21). The Hall–Kier alpha value is -1.70. The Kier molecular flexibility index (Phi) is 5.70. The third-order valence-electron chi connectivity index (χ3n) is 2.85. The number of benzene rings is 1. The molecule has 3 N–H and O–H groups in total. The molecule has 1 heterocycles. The number of aliphatic hydroxyl groups is 1. The number of hydrogen-bond acceptors (Lipinski definition) is 4. The molecule has 8 heteroatoms. The van der Waals surface area contributed by atoms with Gasteiger partial charge < -0.3 is 15.7 Å². The lowest BCUT2D eigenvalue weighted by molar-refractivity contribution is 0.172. The Balaban J connectivity index is 1.78. The molecular formula is C14H15ClFN3O2S. The van der Waals surface area contributed by atoms with E-state index in [0.717, 1.165) is 16.0 Å². The maximum atomic E-state index is 13.3. The highest BCUT2D eigenvalue weighted by Gasteiger charge is 2.12. The van der Waals surface area contributed by atoms with E-state index in [1.807, 2.05) is 6.92 Å². The summed E-state index contributed by atoms with van der Waals surface area (Å²) in [5.41, 5.74) is 0.345. The van der Waals surface area contributed by atoms with Crippen LogP contribution in [0.2, 0.25) is 5.02 Å². The number of nitrogens with zero attached hydrogens (tertiary/aromatic N) is 1. The zero-order chi connectivity index (χ0) is 16.1. The summed E-state index contributed by atoms with van der Waals surface area (Å²) in [5.74, 6) is -0.609. The van der Waals surface area contributed by atoms with Gasteiger partial charge in [0.1, 0.15) is 10.8 Å². The quantitative estimate of drug-likeness (QED) is 0.781. The van der Waals surface area contributed by atoms with Crippen LogP contribution in [0.15, 0.2) is 24.4 Å². The van der Waals surface area contributed by atoms with Crippen LogP contribution in [0.3, 0.4) is 0 Å². The normalized spacial score (nSPS) is 12.0. The molecule has 5 nitrogen and oxygen atoms in total. The molecule has 1 unspecified atom stereocenters. The lowest BCUT2D eigenvalue weighted by atomic mass is 10.1. The number of aromatic nitrogens is 1. The molecule has 0 saturated carbocycles. The summed E-state index contributed by atoms with van der Waals surface area (Å²) in [7, 11) is 0. The number of halogens is 2. The van der Waals surface area contributed by atoms with Crippen molar-refractivity contribution in [1.82, 2.24) is 15.6 Å². The van der Waals surface area contributed by atoms with E-state index in [1.54, 1.807) is 6.20 Å². The molecule has 0 fully saturated rings. The summed E-state index contributed by atoms with van der Waals surface area (Å²) < 4.78 is 13.3. The molecule has 0 saturated heterocycles. The number of nitrogens with one attached hydrogen (secondary N) is 2. The molecule has 2 amide bonds. The van der Waals surface area contributed by atoms with Crippen LogP contribution in [0.25, 0.3) is 0 Å². The van der Waals surface area contributed by atoms with Crippen LogP contribution < -0.4 is 10.6 Å². The number of amides is 2. The first kappa shape index (κ1) is 16.7. The molecule has 2 rings (SSSR count). The molecule has 0 aliphatic carbocycles. The van der Waals surface area contributed by atoms with Gasteiger partial charge in [0.25, 0.3) is 0 Å². The third kappa shape index (κ3) is 4.66. The molecule has 0 radical (unpaired) electrons. The number of carbonyl (C=O) groups excluding carboxylic acids is 1. The number of aliphatic hydroxyl groups excluding tert-OH is 1. The van der Waals surface area contributed by atoms with Crippen molar-refractivity contribution in [1.29, 1.82) is 0 Å². The van der Waals surface area contributed by atoms with Gasteiger partial charge in [-0.3, -0.25) is 0 Å². The molecule has 2 aromatic rings.